The van der Waals surface area contributed by atoms with Gasteiger partial charge in [-0.15, -0.1) is 0 Å². The minimum atomic E-state index is -0.360. The Balaban J connectivity index is 0.000000924. The number of aryl methyl sites for hydroxylation is 1. The Kier molecular flexibility index (Phi) is 5.92. The standard InChI is InChI=1S/C14H18N4O3.C2H6/c1-3-21-14(19)11-10(2)16-13-12(15-4-5-18(11)13)17-6-8-20-9-7-17;1-2/h4-5H,3,6-9H2,1-2H3;1-2H3. The number of ether oxygens (including phenoxy) is 2. The summed E-state index contributed by atoms with van der Waals surface area (Å²) in [5.74, 6) is 0.418. The van der Waals surface area contributed by atoms with Crippen LogP contribution in [-0.4, -0.2) is 53.2 Å². The summed E-state index contributed by atoms with van der Waals surface area (Å²) in [5, 5.41) is 0. The molecule has 1 aliphatic rings. The third-order valence-corrected chi connectivity index (χ3v) is 3.48. The molecule has 1 saturated heterocycles. The fourth-order valence-corrected chi connectivity index (χ4v) is 2.52. The molecule has 7 heteroatoms. The number of carbonyl (C=O) groups excluding carboxylic acids is 1. The van der Waals surface area contributed by atoms with Crippen LogP contribution >= 0.6 is 0 Å². The molecule has 0 amide bonds. The van der Waals surface area contributed by atoms with Crippen LogP contribution in [0.2, 0.25) is 0 Å². The summed E-state index contributed by atoms with van der Waals surface area (Å²) >= 11 is 0. The number of hydrogen-bond donors (Lipinski definition) is 0. The number of esters is 1. The van der Waals surface area contributed by atoms with Crippen LogP contribution in [0.5, 0.6) is 0 Å². The number of imidazole rings is 1. The maximum atomic E-state index is 12.1. The molecule has 23 heavy (non-hydrogen) atoms. The molecule has 0 radical (unpaired) electrons. The van der Waals surface area contributed by atoms with E-state index < -0.39 is 0 Å². The lowest BCUT2D eigenvalue weighted by molar-refractivity contribution is 0.0517. The van der Waals surface area contributed by atoms with Crippen LogP contribution in [-0.2, 0) is 9.47 Å². The van der Waals surface area contributed by atoms with Crippen molar-refractivity contribution in [3.8, 4) is 0 Å². The number of morpholine rings is 1. The van der Waals surface area contributed by atoms with Gasteiger partial charge in [0.25, 0.3) is 0 Å². The molecule has 0 spiro atoms. The molecule has 0 bridgehead atoms. The van der Waals surface area contributed by atoms with E-state index in [1.165, 1.54) is 0 Å². The van der Waals surface area contributed by atoms with Crippen LogP contribution in [0.1, 0.15) is 37.0 Å². The van der Waals surface area contributed by atoms with E-state index in [1.54, 1.807) is 23.7 Å². The highest BCUT2D eigenvalue weighted by Gasteiger charge is 2.22. The molecule has 2 aromatic rings. The lowest BCUT2D eigenvalue weighted by Gasteiger charge is -2.27. The highest BCUT2D eigenvalue weighted by Crippen LogP contribution is 2.22. The third kappa shape index (κ3) is 3.44. The van der Waals surface area contributed by atoms with Crippen molar-refractivity contribution in [2.75, 3.05) is 37.8 Å². The fraction of sp³-hybridized carbons (Fsp3) is 0.562. The maximum Gasteiger partial charge on any atom is 0.357 e. The van der Waals surface area contributed by atoms with Gasteiger partial charge in [0.15, 0.2) is 17.2 Å². The lowest BCUT2D eigenvalue weighted by atomic mass is 10.3. The van der Waals surface area contributed by atoms with Crippen molar-refractivity contribution in [1.29, 1.82) is 0 Å². The summed E-state index contributed by atoms with van der Waals surface area (Å²) in [7, 11) is 0. The fourth-order valence-electron chi connectivity index (χ4n) is 2.52. The van der Waals surface area contributed by atoms with Crippen molar-refractivity contribution in [3.05, 3.63) is 23.8 Å². The summed E-state index contributed by atoms with van der Waals surface area (Å²) in [6.07, 6.45) is 3.42. The Hall–Kier alpha value is -2.15. The van der Waals surface area contributed by atoms with Crippen LogP contribution in [0.4, 0.5) is 5.82 Å². The Morgan fingerprint density at radius 1 is 1.35 bits per heavy atom. The number of aromatic nitrogens is 3. The average molecular weight is 320 g/mol. The summed E-state index contributed by atoms with van der Waals surface area (Å²) in [6.45, 7) is 10.8. The van der Waals surface area contributed by atoms with E-state index in [9.17, 15) is 4.79 Å². The van der Waals surface area contributed by atoms with E-state index in [0.29, 0.717) is 36.9 Å². The predicted octanol–water partition coefficient (Wildman–Crippen LogP) is 2.08. The summed E-state index contributed by atoms with van der Waals surface area (Å²) in [4.78, 5) is 23.2. The van der Waals surface area contributed by atoms with Crippen molar-refractivity contribution in [3.63, 3.8) is 0 Å². The lowest BCUT2D eigenvalue weighted by Crippen LogP contribution is -2.37. The number of anilines is 1. The van der Waals surface area contributed by atoms with Gasteiger partial charge in [0.1, 0.15) is 0 Å². The van der Waals surface area contributed by atoms with Crippen molar-refractivity contribution in [1.82, 2.24) is 14.4 Å². The monoisotopic (exact) mass is 320 g/mol. The quantitative estimate of drug-likeness (QED) is 0.807. The Labute approximate surface area is 136 Å². The molecule has 0 N–H and O–H groups in total. The van der Waals surface area contributed by atoms with Crippen LogP contribution in [0.3, 0.4) is 0 Å². The average Bonchev–Trinajstić information content (AvgIpc) is 2.93. The van der Waals surface area contributed by atoms with E-state index in [2.05, 4.69) is 14.9 Å². The van der Waals surface area contributed by atoms with Gasteiger partial charge in [-0.3, -0.25) is 4.40 Å². The van der Waals surface area contributed by atoms with Crippen molar-refractivity contribution in [2.45, 2.75) is 27.7 Å². The largest absolute Gasteiger partial charge is 0.461 e. The highest BCUT2D eigenvalue weighted by atomic mass is 16.5. The minimum Gasteiger partial charge on any atom is -0.461 e. The van der Waals surface area contributed by atoms with Crippen molar-refractivity contribution < 1.29 is 14.3 Å². The first kappa shape index (κ1) is 17.2. The van der Waals surface area contributed by atoms with Gasteiger partial charge in [0, 0.05) is 25.5 Å². The number of nitrogens with zero attached hydrogens (tertiary/aromatic N) is 4. The molecule has 0 unspecified atom stereocenters. The van der Waals surface area contributed by atoms with E-state index in [-0.39, 0.29) is 5.97 Å². The Bertz CT molecular complexity index is 663. The first-order chi connectivity index (χ1) is 11.2. The molecule has 3 rings (SSSR count). The van der Waals surface area contributed by atoms with E-state index in [0.717, 1.165) is 18.9 Å². The van der Waals surface area contributed by atoms with Crippen LogP contribution in [0.15, 0.2) is 12.4 Å². The topological polar surface area (TPSA) is 69.0 Å². The second-order valence-electron chi connectivity index (χ2n) is 4.81. The zero-order valence-electron chi connectivity index (χ0n) is 14.2. The SMILES string of the molecule is CC.CCOC(=O)c1c(C)nc2c(N3CCOCC3)nccn12. The molecule has 1 fully saturated rings. The molecule has 1 aliphatic heterocycles. The van der Waals surface area contributed by atoms with Gasteiger partial charge in [0.2, 0.25) is 0 Å². The summed E-state index contributed by atoms with van der Waals surface area (Å²) < 4.78 is 12.2. The first-order valence-electron chi connectivity index (χ1n) is 8.06. The third-order valence-electron chi connectivity index (χ3n) is 3.48. The number of fused-ring (bicyclic) bond motifs is 1. The molecule has 3 heterocycles. The number of carbonyl (C=O) groups is 1. The van der Waals surface area contributed by atoms with Gasteiger partial charge < -0.3 is 14.4 Å². The van der Waals surface area contributed by atoms with Gasteiger partial charge in [-0.25, -0.2) is 14.8 Å². The molecule has 0 saturated carbocycles. The number of rotatable bonds is 3. The molecular weight excluding hydrogens is 296 g/mol. The maximum absolute atomic E-state index is 12.1. The molecule has 2 aromatic heterocycles. The van der Waals surface area contributed by atoms with Gasteiger partial charge in [-0.1, -0.05) is 13.8 Å². The minimum absolute atomic E-state index is 0.340. The van der Waals surface area contributed by atoms with Crippen LogP contribution < -0.4 is 4.90 Å². The molecule has 126 valence electrons. The van der Waals surface area contributed by atoms with Gasteiger partial charge >= 0.3 is 5.97 Å². The van der Waals surface area contributed by atoms with Crippen LogP contribution in [0.25, 0.3) is 5.65 Å². The zero-order valence-corrected chi connectivity index (χ0v) is 14.2. The smallest absolute Gasteiger partial charge is 0.357 e. The Morgan fingerprint density at radius 2 is 2.04 bits per heavy atom. The van der Waals surface area contributed by atoms with Gasteiger partial charge in [0.05, 0.1) is 25.5 Å². The number of hydrogen-bond acceptors (Lipinski definition) is 6. The normalized spacial score (nSPS) is 14.3. The van der Waals surface area contributed by atoms with Gasteiger partial charge in [-0.05, 0) is 13.8 Å². The van der Waals surface area contributed by atoms with E-state index >= 15 is 0 Å². The molecular formula is C16H24N4O3. The Morgan fingerprint density at radius 3 is 2.70 bits per heavy atom. The second-order valence-corrected chi connectivity index (χ2v) is 4.81. The van der Waals surface area contributed by atoms with E-state index in [4.69, 9.17) is 9.47 Å². The summed E-state index contributed by atoms with van der Waals surface area (Å²) in [5.41, 5.74) is 1.79. The summed E-state index contributed by atoms with van der Waals surface area (Å²) in [6, 6.07) is 0. The van der Waals surface area contributed by atoms with E-state index in [1.807, 2.05) is 20.8 Å². The second kappa shape index (κ2) is 7.92. The molecule has 0 aliphatic carbocycles. The molecule has 7 nitrogen and oxygen atoms in total. The predicted molar refractivity (Wildman–Crippen MR) is 88.1 cm³/mol. The molecule has 0 atom stereocenters. The van der Waals surface area contributed by atoms with Crippen molar-refractivity contribution >= 4 is 17.4 Å². The zero-order chi connectivity index (χ0) is 16.8. The van der Waals surface area contributed by atoms with Crippen molar-refractivity contribution in [2.24, 2.45) is 0 Å². The molecule has 0 aromatic carbocycles. The highest BCUT2D eigenvalue weighted by molar-refractivity contribution is 5.90. The van der Waals surface area contributed by atoms with Gasteiger partial charge in [-0.2, -0.15) is 0 Å². The van der Waals surface area contributed by atoms with Crippen LogP contribution in [0, 0.1) is 6.92 Å². The first-order valence-corrected chi connectivity index (χ1v) is 8.06.